The lowest BCUT2D eigenvalue weighted by atomic mass is 10.2. The van der Waals surface area contributed by atoms with Crippen LogP contribution in [-0.4, -0.2) is 17.0 Å². The Bertz CT molecular complexity index is 447. The molecule has 84 valence electrons. The molecule has 0 radical (unpaired) electrons. The van der Waals surface area contributed by atoms with Gasteiger partial charge in [0.1, 0.15) is 0 Å². The number of benzene rings is 1. The second-order valence-electron chi connectivity index (χ2n) is 3.76. The Balaban J connectivity index is 1.99. The third kappa shape index (κ3) is 2.17. The van der Waals surface area contributed by atoms with Crippen LogP contribution in [0.5, 0.6) is 0 Å². The van der Waals surface area contributed by atoms with E-state index < -0.39 is 17.8 Å². The molecule has 2 N–H and O–H groups in total. The quantitative estimate of drug-likeness (QED) is 0.848. The highest BCUT2D eigenvalue weighted by Gasteiger charge is 2.48. The summed E-state index contributed by atoms with van der Waals surface area (Å²) in [6.45, 7) is 0. The third-order valence-electron chi connectivity index (χ3n) is 2.58. The summed E-state index contributed by atoms with van der Waals surface area (Å²) < 4.78 is 0. The summed E-state index contributed by atoms with van der Waals surface area (Å²) in [4.78, 5) is 22.2. The van der Waals surface area contributed by atoms with Crippen LogP contribution in [-0.2, 0) is 9.59 Å². The van der Waals surface area contributed by atoms with Gasteiger partial charge in [-0.25, -0.2) is 0 Å². The van der Waals surface area contributed by atoms with Crippen LogP contribution in [0.1, 0.15) is 6.42 Å². The molecule has 1 fully saturated rings. The Labute approximate surface area is 97.2 Å². The molecule has 1 aromatic rings. The van der Waals surface area contributed by atoms with Gasteiger partial charge in [-0.3, -0.25) is 9.59 Å². The summed E-state index contributed by atoms with van der Waals surface area (Å²) in [5.41, 5.74) is 0.519. The van der Waals surface area contributed by atoms with E-state index in [0.29, 0.717) is 17.1 Å². The second kappa shape index (κ2) is 4.14. The first-order valence-electron chi connectivity index (χ1n) is 4.88. The molecule has 0 bridgehead atoms. The van der Waals surface area contributed by atoms with E-state index in [1.54, 1.807) is 24.3 Å². The van der Waals surface area contributed by atoms with Gasteiger partial charge >= 0.3 is 5.97 Å². The third-order valence-corrected chi connectivity index (χ3v) is 2.91. The molecule has 0 aliphatic heterocycles. The van der Waals surface area contributed by atoms with E-state index in [0.717, 1.165) is 0 Å². The molecule has 2 atom stereocenters. The SMILES string of the molecule is O=C(O)[C@H]1C[C@H]1C(=O)Nc1ccccc1Cl. The highest BCUT2D eigenvalue weighted by molar-refractivity contribution is 6.33. The number of carboxylic acid groups (broad SMARTS) is 1. The van der Waals surface area contributed by atoms with Crippen LogP contribution in [0, 0.1) is 11.8 Å². The zero-order valence-corrected chi connectivity index (χ0v) is 9.07. The maximum atomic E-state index is 11.6. The predicted molar refractivity (Wildman–Crippen MR) is 59.3 cm³/mol. The van der Waals surface area contributed by atoms with E-state index in [4.69, 9.17) is 16.7 Å². The lowest BCUT2D eigenvalue weighted by Crippen LogP contribution is -2.16. The minimum Gasteiger partial charge on any atom is -0.481 e. The first-order chi connectivity index (χ1) is 7.59. The molecule has 0 aromatic heterocycles. The fraction of sp³-hybridized carbons (Fsp3) is 0.273. The molecule has 5 heteroatoms. The summed E-state index contributed by atoms with van der Waals surface area (Å²) in [5, 5.41) is 11.8. The van der Waals surface area contributed by atoms with E-state index in [-0.39, 0.29) is 5.91 Å². The molecule has 0 spiro atoms. The van der Waals surface area contributed by atoms with Crippen LogP contribution in [0.25, 0.3) is 0 Å². The molecule has 1 aromatic carbocycles. The molecule has 1 amide bonds. The summed E-state index contributed by atoms with van der Waals surface area (Å²) in [6.07, 6.45) is 0.408. The fourth-order valence-corrected chi connectivity index (χ4v) is 1.73. The number of hydrogen-bond acceptors (Lipinski definition) is 2. The van der Waals surface area contributed by atoms with Crippen LogP contribution < -0.4 is 5.32 Å². The Morgan fingerprint density at radius 3 is 2.56 bits per heavy atom. The largest absolute Gasteiger partial charge is 0.481 e. The Kier molecular flexibility index (Phi) is 2.83. The van der Waals surface area contributed by atoms with Crippen molar-refractivity contribution < 1.29 is 14.7 Å². The number of halogens is 1. The van der Waals surface area contributed by atoms with Crippen LogP contribution in [0.4, 0.5) is 5.69 Å². The zero-order chi connectivity index (χ0) is 11.7. The van der Waals surface area contributed by atoms with E-state index in [9.17, 15) is 9.59 Å². The lowest BCUT2D eigenvalue weighted by molar-refractivity contribution is -0.139. The van der Waals surface area contributed by atoms with Gasteiger partial charge in [-0.15, -0.1) is 0 Å². The van der Waals surface area contributed by atoms with Crippen molar-refractivity contribution in [2.75, 3.05) is 5.32 Å². The average Bonchev–Trinajstić information content (AvgIpc) is 3.01. The number of carboxylic acids is 1. The van der Waals surface area contributed by atoms with Gasteiger partial charge in [-0.2, -0.15) is 0 Å². The maximum Gasteiger partial charge on any atom is 0.307 e. The topological polar surface area (TPSA) is 66.4 Å². The smallest absolute Gasteiger partial charge is 0.307 e. The van der Waals surface area contributed by atoms with Crippen molar-refractivity contribution in [1.29, 1.82) is 0 Å². The van der Waals surface area contributed by atoms with Crippen molar-refractivity contribution in [3.05, 3.63) is 29.3 Å². The van der Waals surface area contributed by atoms with Crippen molar-refractivity contribution in [2.24, 2.45) is 11.8 Å². The molecule has 1 saturated carbocycles. The molecule has 0 unspecified atom stereocenters. The van der Waals surface area contributed by atoms with Crippen molar-refractivity contribution >= 4 is 29.2 Å². The zero-order valence-electron chi connectivity index (χ0n) is 8.31. The summed E-state index contributed by atoms with van der Waals surface area (Å²) in [5.74, 6) is -2.16. The van der Waals surface area contributed by atoms with Crippen LogP contribution in [0.15, 0.2) is 24.3 Å². The van der Waals surface area contributed by atoms with Gasteiger partial charge in [0, 0.05) is 0 Å². The number of carbonyl (C=O) groups excluding carboxylic acids is 1. The van der Waals surface area contributed by atoms with Crippen molar-refractivity contribution in [2.45, 2.75) is 6.42 Å². The molecule has 0 saturated heterocycles. The van der Waals surface area contributed by atoms with Crippen molar-refractivity contribution in [3.63, 3.8) is 0 Å². The minimum atomic E-state index is -0.917. The van der Waals surface area contributed by atoms with Gasteiger partial charge in [0.25, 0.3) is 0 Å². The van der Waals surface area contributed by atoms with Crippen molar-refractivity contribution in [1.82, 2.24) is 0 Å². The molecule has 1 aliphatic rings. The molecule has 16 heavy (non-hydrogen) atoms. The van der Waals surface area contributed by atoms with E-state index in [1.807, 2.05) is 0 Å². The monoisotopic (exact) mass is 239 g/mol. The van der Waals surface area contributed by atoms with E-state index in [2.05, 4.69) is 5.32 Å². The second-order valence-corrected chi connectivity index (χ2v) is 4.16. The number of nitrogens with one attached hydrogen (secondary N) is 1. The van der Waals surface area contributed by atoms with Gasteiger partial charge in [-0.1, -0.05) is 23.7 Å². The highest BCUT2D eigenvalue weighted by atomic mass is 35.5. The highest BCUT2D eigenvalue weighted by Crippen LogP contribution is 2.39. The van der Waals surface area contributed by atoms with E-state index >= 15 is 0 Å². The maximum absolute atomic E-state index is 11.6. The van der Waals surface area contributed by atoms with Crippen LogP contribution in [0.3, 0.4) is 0 Å². The molecule has 2 rings (SSSR count). The van der Waals surface area contributed by atoms with Crippen LogP contribution in [0.2, 0.25) is 5.02 Å². The number of aliphatic carboxylic acids is 1. The fourth-order valence-electron chi connectivity index (χ4n) is 1.55. The lowest BCUT2D eigenvalue weighted by Gasteiger charge is -2.05. The summed E-state index contributed by atoms with van der Waals surface area (Å²) in [6, 6.07) is 6.86. The molecular weight excluding hydrogens is 230 g/mol. The normalized spacial score (nSPS) is 22.6. The number of carbonyl (C=O) groups is 2. The standard InChI is InChI=1S/C11H10ClNO3/c12-8-3-1-2-4-9(8)13-10(14)6-5-7(6)11(15)16/h1-4,6-7H,5H2,(H,13,14)(H,15,16)/t6-,7+/m1/s1. The number of anilines is 1. The minimum absolute atomic E-state index is 0.277. The summed E-state index contributed by atoms with van der Waals surface area (Å²) in [7, 11) is 0. The predicted octanol–water partition coefficient (Wildman–Crippen LogP) is 2.00. The Morgan fingerprint density at radius 1 is 1.31 bits per heavy atom. The Hall–Kier alpha value is -1.55. The molecule has 1 aliphatic carbocycles. The first kappa shape index (κ1) is 11.0. The van der Waals surface area contributed by atoms with Crippen molar-refractivity contribution in [3.8, 4) is 0 Å². The molecular formula is C11H10ClNO3. The number of hydrogen-bond donors (Lipinski definition) is 2. The first-order valence-corrected chi connectivity index (χ1v) is 5.25. The van der Waals surface area contributed by atoms with Gasteiger partial charge in [0.15, 0.2) is 0 Å². The molecule has 4 nitrogen and oxygen atoms in total. The number of rotatable bonds is 3. The van der Waals surface area contributed by atoms with Gasteiger partial charge in [0.05, 0.1) is 22.5 Å². The van der Waals surface area contributed by atoms with Gasteiger partial charge in [-0.05, 0) is 18.6 Å². The number of para-hydroxylation sites is 1. The molecule has 0 heterocycles. The number of amides is 1. The van der Waals surface area contributed by atoms with Gasteiger partial charge in [0.2, 0.25) is 5.91 Å². The van der Waals surface area contributed by atoms with Gasteiger partial charge < -0.3 is 10.4 Å². The van der Waals surface area contributed by atoms with E-state index in [1.165, 1.54) is 0 Å². The summed E-state index contributed by atoms with van der Waals surface area (Å²) >= 11 is 5.86. The average molecular weight is 240 g/mol. The Morgan fingerprint density at radius 2 is 2.00 bits per heavy atom. The van der Waals surface area contributed by atoms with Crippen LogP contribution >= 0.6 is 11.6 Å².